The number of rotatable bonds is 16. The van der Waals surface area contributed by atoms with Gasteiger partial charge in [-0.2, -0.15) is 0 Å². The number of ketones is 2. The van der Waals surface area contributed by atoms with E-state index in [4.69, 9.17) is 4.74 Å². The monoisotopic (exact) mass is 340 g/mol. The predicted octanol–water partition coefficient (Wildman–Crippen LogP) is 5.02. The molecule has 0 spiro atoms. The molecule has 0 aliphatic rings. The first-order valence-corrected chi connectivity index (χ1v) is 9.77. The lowest BCUT2D eigenvalue weighted by Crippen LogP contribution is -2.28. The van der Waals surface area contributed by atoms with Gasteiger partial charge >= 0.3 is 5.97 Å². The van der Waals surface area contributed by atoms with Crippen molar-refractivity contribution >= 4 is 17.5 Å². The van der Waals surface area contributed by atoms with E-state index in [9.17, 15) is 14.4 Å². The van der Waals surface area contributed by atoms with Gasteiger partial charge < -0.3 is 4.74 Å². The first-order chi connectivity index (χ1) is 11.6. The van der Waals surface area contributed by atoms with E-state index in [1.807, 2.05) is 0 Å². The number of Topliss-reactive ketones (excluding diaryl/α,β-unsaturated/α-hetero) is 2. The number of esters is 1. The van der Waals surface area contributed by atoms with Gasteiger partial charge in [0.2, 0.25) is 0 Å². The number of hydrogen-bond acceptors (Lipinski definition) is 4. The normalized spacial score (nSPS) is 12.0. The smallest absolute Gasteiger partial charge is 0.316 e. The highest BCUT2D eigenvalue weighted by Crippen LogP contribution is 2.17. The van der Waals surface area contributed by atoms with Crippen LogP contribution in [-0.4, -0.2) is 24.1 Å². The molecule has 4 nitrogen and oxygen atoms in total. The van der Waals surface area contributed by atoms with E-state index in [1.165, 1.54) is 12.8 Å². The zero-order valence-corrected chi connectivity index (χ0v) is 15.9. The highest BCUT2D eigenvalue weighted by molar-refractivity contribution is 6.07. The Morgan fingerprint density at radius 3 is 1.96 bits per heavy atom. The number of unbranched alkanes of at least 4 members (excludes halogenated alkanes) is 7. The number of carbonyl (C=O) groups is 3. The van der Waals surface area contributed by atoms with E-state index < -0.39 is 11.9 Å². The number of carbonyl (C=O) groups excluding carboxylic acids is 3. The Morgan fingerprint density at radius 2 is 1.38 bits per heavy atom. The fraction of sp³-hybridized carbons (Fsp3) is 0.850. The van der Waals surface area contributed by atoms with E-state index in [0.717, 1.165) is 44.9 Å². The summed E-state index contributed by atoms with van der Waals surface area (Å²) in [6.07, 6.45) is 10.2. The summed E-state index contributed by atoms with van der Waals surface area (Å²) in [7, 11) is 0. The van der Waals surface area contributed by atoms with E-state index in [0.29, 0.717) is 12.8 Å². The minimum Gasteiger partial charge on any atom is -0.465 e. The van der Waals surface area contributed by atoms with Gasteiger partial charge in [0.25, 0.3) is 0 Å². The molecule has 0 bridgehead atoms. The maximum Gasteiger partial charge on any atom is 0.316 e. The van der Waals surface area contributed by atoms with Crippen molar-refractivity contribution in [3.63, 3.8) is 0 Å². The zero-order valence-electron chi connectivity index (χ0n) is 15.9. The lowest BCUT2D eigenvalue weighted by atomic mass is 9.92. The van der Waals surface area contributed by atoms with E-state index in [2.05, 4.69) is 13.8 Å². The Hall–Kier alpha value is -1.19. The molecular formula is C20H36O4. The summed E-state index contributed by atoms with van der Waals surface area (Å²) in [5.74, 6) is -1.52. The van der Waals surface area contributed by atoms with Crippen molar-refractivity contribution in [1.29, 1.82) is 0 Å². The zero-order chi connectivity index (χ0) is 18.2. The van der Waals surface area contributed by atoms with Crippen LogP contribution in [0.25, 0.3) is 0 Å². The van der Waals surface area contributed by atoms with Gasteiger partial charge in [-0.05, 0) is 19.8 Å². The molecule has 0 N–H and O–H groups in total. The summed E-state index contributed by atoms with van der Waals surface area (Å²) >= 11 is 0. The van der Waals surface area contributed by atoms with Crippen molar-refractivity contribution < 1.29 is 19.1 Å². The third-order valence-corrected chi connectivity index (χ3v) is 4.24. The van der Waals surface area contributed by atoms with Gasteiger partial charge in [-0.15, -0.1) is 0 Å². The Labute approximate surface area is 147 Å². The molecule has 0 saturated carbocycles. The Kier molecular flexibility index (Phi) is 14.6. The van der Waals surface area contributed by atoms with Crippen molar-refractivity contribution in [2.75, 3.05) is 6.61 Å². The third kappa shape index (κ3) is 11.4. The van der Waals surface area contributed by atoms with E-state index in [1.54, 1.807) is 6.92 Å². The summed E-state index contributed by atoms with van der Waals surface area (Å²) in [6, 6.07) is 0. The Balaban J connectivity index is 4.30. The summed E-state index contributed by atoms with van der Waals surface area (Å²) < 4.78 is 5.02. The molecule has 0 aliphatic heterocycles. The molecule has 1 atom stereocenters. The lowest BCUT2D eigenvalue weighted by Gasteiger charge is -2.14. The van der Waals surface area contributed by atoms with Gasteiger partial charge in [-0.1, -0.05) is 65.2 Å². The van der Waals surface area contributed by atoms with Crippen LogP contribution in [0.2, 0.25) is 0 Å². The molecule has 140 valence electrons. The minimum absolute atomic E-state index is 0.0423. The maximum absolute atomic E-state index is 12.3. The van der Waals surface area contributed by atoms with Gasteiger partial charge in [0.1, 0.15) is 11.7 Å². The fourth-order valence-electron chi connectivity index (χ4n) is 2.76. The second-order valence-corrected chi connectivity index (χ2v) is 6.50. The van der Waals surface area contributed by atoms with Gasteiger partial charge in [-0.25, -0.2) is 0 Å². The van der Waals surface area contributed by atoms with Crippen LogP contribution < -0.4 is 0 Å². The van der Waals surface area contributed by atoms with Crippen LogP contribution in [0.3, 0.4) is 0 Å². The highest BCUT2D eigenvalue weighted by atomic mass is 16.5. The summed E-state index contributed by atoms with van der Waals surface area (Å²) in [5.41, 5.74) is 0. The van der Waals surface area contributed by atoms with Crippen LogP contribution in [0.5, 0.6) is 0 Å². The Bertz CT molecular complexity index is 363. The van der Waals surface area contributed by atoms with E-state index >= 15 is 0 Å². The average molecular weight is 341 g/mol. The van der Waals surface area contributed by atoms with Gasteiger partial charge in [0.15, 0.2) is 5.78 Å². The molecule has 0 aromatic heterocycles. The van der Waals surface area contributed by atoms with Crippen LogP contribution in [0.1, 0.15) is 97.8 Å². The lowest BCUT2D eigenvalue weighted by molar-refractivity contribution is -0.152. The van der Waals surface area contributed by atoms with E-state index in [-0.39, 0.29) is 24.6 Å². The Morgan fingerprint density at radius 1 is 0.792 bits per heavy atom. The SMILES string of the molecule is CCCCCCCC(=O)CC(=O)C(CCCCCC)C(=O)OCC. The molecule has 0 rings (SSSR count). The molecular weight excluding hydrogens is 304 g/mol. The number of ether oxygens (including phenoxy) is 1. The molecule has 0 aromatic rings. The molecule has 4 heteroatoms. The molecule has 0 fully saturated rings. The van der Waals surface area contributed by atoms with Gasteiger partial charge in [0.05, 0.1) is 13.0 Å². The van der Waals surface area contributed by atoms with Crippen LogP contribution in [0.4, 0.5) is 0 Å². The van der Waals surface area contributed by atoms with Crippen LogP contribution in [0.15, 0.2) is 0 Å². The second-order valence-electron chi connectivity index (χ2n) is 6.50. The molecule has 0 aliphatic carbocycles. The molecule has 0 aromatic carbocycles. The predicted molar refractivity (Wildman–Crippen MR) is 96.9 cm³/mol. The summed E-state index contributed by atoms with van der Waals surface area (Å²) in [6.45, 7) is 6.27. The third-order valence-electron chi connectivity index (χ3n) is 4.24. The van der Waals surface area contributed by atoms with Crippen molar-refractivity contribution in [2.45, 2.75) is 97.8 Å². The summed E-state index contributed by atoms with van der Waals surface area (Å²) in [5, 5.41) is 0. The molecule has 0 saturated heterocycles. The average Bonchev–Trinajstić information content (AvgIpc) is 2.54. The number of hydrogen-bond donors (Lipinski definition) is 0. The first-order valence-electron chi connectivity index (χ1n) is 9.77. The molecule has 0 amide bonds. The standard InChI is InChI=1S/C20H36O4/c1-4-7-9-11-12-14-17(21)16-19(22)18(20(23)24-6-3)15-13-10-8-5-2/h18H,4-16H2,1-3H3. The molecule has 1 unspecified atom stereocenters. The maximum atomic E-state index is 12.3. The first kappa shape index (κ1) is 22.8. The largest absolute Gasteiger partial charge is 0.465 e. The minimum atomic E-state index is -0.758. The van der Waals surface area contributed by atoms with Gasteiger partial charge in [0, 0.05) is 6.42 Å². The molecule has 0 radical (unpaired) electrons. The molecule has 0 heterocycles. The van der Waals surface area contributed by atoms with Crippen molar-refractivity contribution in [1.82, 2.24) is 0 Å². The second kappa shape index (κ2) is 15.3. The fourth-order valence-corrected chi connectivity index (χ4v) is 2.76. The van der Waals surface area contributed by atoms with Crippen LogP contribution in [-0.2, 0) is 19.1 Å². The van der Waals surface area contributed by atoms with Crippen LogP contribution in [0, 0.1) is 5.92 Å². The van der Waals surface area contributed by atoms with Gasteiger partial charge in [-0.3, -0.25) is 14.4 Å². The van der Waals surface area contributed by atoms with Crippen molar-refractivity contribution in [3.8, 4) is 0 Å². The van der Waals surface area contributed by atoms with Crippen LogP contribution >= 0.6 is 0 Å². The molecule has 24 heavy (non-hydrogen) atoms. The quantitative estimate of drug-likeness (QED) is 0.225. The van der Waals surface area contributed by atoms with Crippen molar-refractivity contribution in [3.05, 3.63) is 0 Å². The highest BCUT2D eigenvalue weighted by Gasteiger charge is 2.28. The topological polar surface area (TPSA) is 60.4 Å². The van der Waals surface area contributed by atoms with Crippen molar-refractivity contribution in [2.24, 2.45) is 5.92 Å². The summed E-state index contributed by atoms with van der Waals surface area (Å²) in [4.78, 5) is 36.3.